The van der Waals surface area contributed by atoms with Crippen LogP contribution < -0.4 is 10.9 Å². The molecular weight excluding hydrogens is 376 g/mol. The Morgan fingerprint density at radius 2 is 1.96 bits per heavy atom. The van der Waals surface area contributed by atoms with Gasteiger partial charge in [0.15, 0.2) is 0 Å². The number of benzene rings is 2. The van der Waals surface area contributed by atoms with Crippen LogP contribution in [0.4, 0.5) is 0 Å². The van der Waals surface area contributed by atoms with Gasteiger partial charge in [0.25, 0.3) is 5.56 Å². The van der Waals surface area contributed by atoms with Crippen LogP contribution in [0.1, 0.15) is 17.2 Å². The van der Waals surface area contributed by atoms with E-state index in [0.717, 1.165) is 11.1 Å². The molecule has 0 saturated carbocycles. The molecule has 0 fully saturated rings. The van der Waals surface area contributed by atoms with E-state index in [0.29, 0.717) is 22.5 Å². The maximum absolute atomic E-state index is 12.6. The lowest BCUT2D eigenvalue weighted by atomic mass is 10.1. The number of nitrogens with zero attached hydrogens (tertiary/aromatic N) is 3. The van der Waals surface area contributed by atoms with Gasteiger partial charge in [-0.25, -0.2) is 4.98 Å². The number of rotatable bonds is 6. The third-order valence-corrected chi connectivity index (χ3v) is 5.09. The predicted molar refractivity (Wildman–Crippen MR) is 112 cm³/mol. The molecule has 0 bridgehead atoms. The number of amides is 1. The zero-order valence-electron chi connectivity index (χ0n) is 16.1. The van der Waals surface area contributed by atoms with E-state index in [2.05, 4.69) is 10.3 Å². The highest BCUT2D eigenvalue weighted by Crippen LogP contribution is 2.25. The molecule has 0 spiro atoms. The van der Waals surface area contributed by atoms with E-state index in [9.17, 15) is 9.59 Å². The lowest BCUT2D eigenvalue weighted by molar-refractivity contribution is -0.121. The minimum atomic E-state index is -0.255. The number of nitrogens with one attached hydrogen (secondary N) is 1. The number of fused-ring (bicyclic) bond motifs is 1. The van der Waals surface area contributed by atoms with Crippen molar-refractivity contribution in [3.63, 3.8) is 0 Å². The van der Waals surface area contributed by atoms with Crippen molar-refractivity contribution in [1.29, 1.82) is 0 Å². The van der Waals surface area contributed by atoms with Crippen molar-refractivity contribution in [2.75, 3.05) is 20.6 Å². The molecule has 0 radical (unpaired) electrons. The lowest BCUT2D eigenvalue weighted by Crippen LogP contribution is -2.38. The zero-order valence-corrected chi connectivity index (χ0v) is 16.9. The molecule has 0 aliphatic rings. The standard InChI is InChI=1S/C21H23ClN4O2/c1-14-7-6-9-16-20(14)24-13-26(21(16)28)12-19(27)23-11-18(25(2)3)15-8-4-5-10-17(15)22/h4-10,13,18H,11-12H2,1-3H3,(H,23,27). The number of halogens is 1. The predicted octanol–water partition coefficient (Wildman–Crippen LogP) is 2.78. The SMILES string of the molecule is Cc1cccc2c(=O)n(CC(=O)NCC(c3ccccc3Cl)N(C)C)cnc12. The van der Waals surface area contributed by atoms with Gasteiger partial charge in [-0.3, -0.25) is 14.2 Å². The molecule has 1 heterocycles. The van der Waals surface area contributed by atoms with Crippen LogP contribution in [-0.4, -0.2) is 41.0 Å². The van der Waals surface area contributed by atoms with Gasteiger partial charge in [-0.05, 0) is 44.3 Å². The maximum atomic E-state index is 12.6. The summed E-state index contributed by atoms with van der Waals surface area (Å²) in [7, 11) is 3.86. The summed E-state index contributed by atoms with van der Waals surface area (Å²) in [5.41, 5.74) is 2.31. The molecule has 0 saturated heterocycles. The minimum absolute atomic E-state index is 0.0771. The highest BCUT2D eigenvalue weighted by Gasteiger charge is 2.18. The Hall–Kier alpha value is -2.70. The van der Waals surface area contributed by atoms with Crippen molar-refractivity contribution in [1.82, 2.24) is 19.8 Å². The second kappa shape index (κ2) is 8.54. The monoisotopic (exact) mass is 398 g/mol. The fourth-order valence-corrected chi connectivity index (χ4v) is 3.45. The molecule has 1 N–H and O–H groups in total. The Labute approximate surface area is 168 Å². The first kappa shape index (κ1) is 20.0. The molecule has 6 nitrogen and oxygen atoms in total. The maximum Gasteiger partial charge on any atom is 0.261 e. The van der Waals surface area contributed by atoms with Gasteiger partial charge in [0.05, 0.1) is 23.3 Å². The van der Waals surface area contributed by atoms with Crippen LogP contribution in [0.25, 0.3) is 10.9 Å². The first-order chi connectivity index (χ1) is 13.4. The van der Waals surface area contributed by atoms with Crippen molar-refractivity contribution in [2.45, 2.75) is 19.5 Å². The Balaban J connectivity index is 1.73. The number of carbonyl (C=O) groups excluding carboxylic acids is 1. The molecule has 0 aliphatic carbocycles. The number of hydrogen-bond acceptors (Lipinski definition) is 4. The summed E-state index contributed by atoms with van der Waals surface area (Å²) in [6.45, 7) is 2.20. The Morgan fingerprint density at radius 1 is 1.21 bits per heavy atom. The van der Waals surface area contributed by atoms with Crippen LogP contribution in [0.3, 0.4) is 0 Å². The van der Waals surface area contributed by atoms with Crippen molar-refractivity contribution >= 4 is 28.4 Å². The van der Waals surface area contributed by atoms with Crippen molar-refractivity contribution in [3.8, 4) is 0 Å². The average Bonchev–Trinajstić information content (AvgIpc) is 2.66. The largest absolute Gasteiger partial charge is 0.353 e. The number of likely N-dealkylation sites (N-methyl/N-ethyl adjacent to an activating group) is 1. The van der Waals surface area contributed by atoms with Gasteiger partial charge in [-0.2, -0.15) is 0 Å². The van der Waals surface area contributed by atoms with Gasteiger partial charge in [-0.15, -0.1) is 0 Å². The molecular formula is C21H23ClN4O2. The van der Waals surface area contributed by atoms with Crippen LogP contribution >= 0.6 is 11.6 Å². The quantitative estimate of drug-likeness (QED) is 0.693. The van der Waals surface area contributed by atoms with E-state index >= 15 is 0 Å². The van der Waals surface area contributed by atoms with Crippen LogP contribution in [0.15, 0.2) is 53.6 Å². The third kappa shape index (κ3) is 4.24. The minimum Gasteiger partial charge on any atom is -0.353 e. The first-order valence-corrected chi connectivity index (χ1v) is 9.38. The second-order valence-electron chi connectivity index (χ2n) is 6.95. The van der Waals surface area contributed by atoms with Gasteiger partial charge in [0.1, 0.15) is 6.54 Å². The van der Waals surface area contributed by atoms with E-state index in [4.69, 9.17) is 11.6 Å². The molecule has 146 valence electrons. The summed E-state index contributed by atoms with van der Waals surface area (Å²) in [4.78, 5) is 31.4. The number of aryl methyl sites for hydroxylation is 1. The number of aromatic nitrogens is 2. The molecule has 1 unspecified atom stereocenters. The van der Waals surface area contributed by atoms with Gasteiger partial charge < -0.3 is 10.2 Å². The van der Waals surface area contributed by atoms with E-state index in [1.54, 1.807) is 6.07 Å². The molecule has 28 heavy (non-hydrogen) atoms. The van der Waals surface area contributed by atoms with Crippen LogP contribution in [-0.2, 0) is 11.3 Å². The average molecular weight is 399 g/mol. The zero-order chi connectivity index (χ0) is 20.3. The van der Waals surface area contributed by atoms with Gasteiger partial charge in [-0.1, -0.05) is 41.9 Å². The topological polar surface area (TPSA) is 67.2 Å². The summed E-state index contributed by atoms with van der Waals surface area (Å²) in [5, 5.41) is 4.06. The molecule has 3 aromatic rings. The summed E-state index contributed by atoms with van der Waals surface area (Å²) in [5.74, 6) is -0.255. The first-order valence-electron chi connectivity index (χ1n) is 9.01. The fraction of sp³-hybridized carbons (Fsp3) is 0.286. The number of para-hydroxylation sites is 1. The van der Waals surface area contributed by atoms with E-state index < -0.39 is 0 Å². The van der Waals surface area contributed by atoms with Crippen molar-refractivity contribution in [2.24, 2.45) is 0 Å². The van der Waals surface area contributed by atoms with Crippen molar-refractivity contribution in [3.05, 3.63) is 75.3 Å². The van der Waals surface area contributed by atoms with Crippen LogP contribution in [0.2, 0.25) is 5.02 Å². The normalized spacial score (nSPS) is 12.3. The van der Waals surface area contributed by atoms with E-state index in [-0.39, 0.29) is 24.1 Å². The van der Waals surface area contributed by atoms with Crippen LogP contribution in [0.5, 0.6) is 0 Å². The molecule has 3 rings (SSSR count). The Bertz CT molecular complexity index is 1060. The van der Waals surface area contributed by atoms with Gasteiger partial charge in [0, 0.05) is 11.6 Å². The summed E-state index contributed by atoms with van der Waals surface area (Å²) in [6, 6.07) is 12.9. The smallest absolute Gasteiger partial charge is 0.261 e. The molecule has 2 aromatic carbocycles. The van der Waals surface area contributed by atoms with E-state index in [1.165, 1.54) is 10.9 Å². The second-order valence-corrected chi connectivity index (χ2v) is 7.36. The third-order valence-electron chi connectivity index (χ3n) is 4.75. The van der Waals surface area contributed by atoms with Gasteiger partial charge >= 0.3 is 0 Å². The molecule has 1 amide bonds. The number of carbonyl (C=O) groups is 1. The molecule has 7 heteroatoms. The molecule has 1 atom stereocenters. The molecule has 0 aliphatic heterocycles. The Kier molecular flexibility index (Phi) is 6.11. The van der Waals surface area contributed by atoms with Crippen LogP contribution in [0, 0.1) is 6.92 Å². The summed E-state index contributed by atoms with van der Waals surface area (Å²) < 4.78 is 1.33. The Morgan fingerprint density at radius 3 is 2.68 bits per heavy atom. The van der Waals surface area contributed by atoms with Crippen molar-refractivity contribution < 1.29 is 4.79 Å². The van der Waals surface area contributed by atoms with Gasteiger partial charge in [0.2, 0.25) is 5.91 Å². The highest BCUT2D eigenvalue weighted by molar-refractivity contribution is 6.31. The summed E-state index contributed by atoms with van der Waals surface area (Å²) in [6.07, 6.45) is 1.43. The fourth-order valence-electron chi connectivity index (χ4n) is 3.19. The van der Waals surface area contributed by atoms with E-state index in [1.807, 2.05) is 62.3 Å². The molecule has 1 aromatic heterocycles. The lowest BCUT2D eigenvalue weighted by Gasteiger charge is -2.26. The number of hydrogen-bond donors (Lipinski definition) is 1. The highest BCUT2D eigenvalue weighted by atomic mass is 35.5. The summed E-state index contributed by atoms with van der Waals surface area (Å²) >= 11 is 6.30.